The molecule has 1 unspecified atom stereocenters. The number of hydrogen-bond acceptors (Lipinski definition) is 3. The molecule has 2 rings (SSSR count). The molecule has 0 spiro atoms. The minimum Gasteiger partial charge on any atom is -0.333 e. The fourth-order valence-electron chi connectivity index (χ4n) is 1.81. The van der Waals surface area contributed by atoms with Crippen molar-refractivity contribution in [3.05, 3.63) is 40.1 Å². The Bertz CT molecular complexity index is 459. The van der Waals surface area contributed by atoms with Gasteiger partial charge in [-0.25, -0.2) is 4.98 Å². The van der Waals surface area contributed by atoms with Crippen LogP contribution in [0.4, 0.5) is 0 Å². The minimum atomic E-state index is 0.430. The summed E-state index contributed by atoms with van der Waals surface area (Å²) in [7, 11) is 0. The molecule has 0 aliphatic carbocycles. The molecule has 1 atom stereocenters. The largest absolute Gasteiger partial charge is 0.333 e. The molecule has 17 heavy (non-hydrogen) atoms. The van der Waals surface area contributed by atoms with Gasteiger partial charge in [0.25, 0.3) is 0 Å². The van der Waals surface area contributed by atoms with E-state index in [1.165, 1.54) is 10.6 Å². The highest BCUT2D eigenvalue weighted by molar-refractivity contribution is 7.10. The summed E-state index contributed by atoms with van der Waals surface area (Å²) in [5.74, 6) is 0. The van der Waals surface area contributed by atoms with Crippen LogP contribution in [0.3, 0.4) is 0 Å². The number of nitrogens with one attached hydrogen (secondary N) is 1. The van der Waals surface area contributed by atoms with Gasteiger partial charge in [0.05, 0.1) is 12.0 Å². The standard InChI is InChI=1S/C13H19N3S/c1-10-12(3)16(9-15-10)7-6-14-11(2)13-5-4-8-17-13/h4-5,8-9,11,14H,6-7H2,1-3H3. The first-order chi connectivity index (χ1) is 8.18. The summed E-state index contributed by atoms with van der Waals surface area (Å²) < 4.78 is 2.20. The van der Waals surface area contributed by atoms with Crippen LogP contribution in [0.5, 0.6) is 0 Å². The second-order valence-corrected chi connectivity index (χ2v) is 5.28. The number of rotatable bonds is 5. The third-order valence-corrected chi connectivity index (χ3v) is 4.17. The van der Waals surface area contributed by atoms with E-state index in [2.05, 4.69) is 46.2 Å². The van der Waals surface area contributed by atoms with Gasteiger partial charge in [0, 0.05) is 29.7 Å². The summed E-state index contributed by atoms with van der Waals surface area (Å²) in [6, 6.07) is 4.70. The van der Waals surface area contributed by atoms with Crippen molar-refractivity contribution in [2.75, 3.05) is 6.54 Å². The van der Waals surface area contributed by atoms with Gasteiger partial charge in [0.1, 0.15) is 0 Å². The van der Waals surface area contributed by atoms with Crippen LogP contribution in [0, 0.1) is 13.8 Å². The summed E-state index contributed by atoms with van der Waals surface area (Å²) in [6.07, 6.45) is 1.92. The number of thiophene rings is 1. The van der Waals surface area contributed by atoms with Crippen LogP contribution >= 0.6 is 11.3 Å². The molecule has 0 saturated heterocycles. The Morgan fingerprint density at radius 1 is 1.47 bits per heavy atom. The highest BCUT2D eigenvalue weighted by atomic mass is 32.1. The molecular weight excluding hydrogens is 230 g/mol. The fourth-order valence-corrected chi connectivity index (χ4v) is 2.57. The van der Waals surface area contributed by atoms with E-state index in [-0.39, 0.29) is 0 Å². The maximum absolute atomic E-state index is 4.30. The van der Waals surface area contributed by atoms with Crippen LogP contribution in [0.15, 0.2) is 23.8 Å². The lowest BCUT2D eigenvalue weighted by Gasteiger charge is -2.13. The predicted octanol–water partition coefficient (Wildman–Crippen LogP) is 2.91. The number of aryl methyl sites for hydroxylation is 1. The Morgan fingerprint density at radius 2 is 2.29 bits per heavy atom. The van der Waals surface area contributed by atoms with E-state index in [0.29, 0.717) is 6.04 Å². The lowest BCUT2D eigenvalue weighted by molar-refractivity contribution is 0.532. The summed E-state index contributed by atoms with van der Waals surface area (Å²) >= 11 is 1.80. The van der Waals surface area contributed by atoms with Crippen molar-refractivity contribution in [3.63, 3.8) is 0 Å². The van der Waals surface area contributed by atoms with Gasteiger partial charge in [-0.15, -0.1) is 11.3 Å². The molecule has 0 fully saturated rings. The third kappa shape index (κ3) is 2.96. The highest BCUT2D eigenvalue weighted by Crippen LogP contribution is 2.17. The second kappa shape index (κ2) is 5.47. The zero-order chi connectivity index (χ0) is 12.3. The smallest absolute Gasteiger partial charge is 0.0951 e. The van der Waals surface area contributed by atoms with Gasteiger partial charge in [-0.05, 0) is 32.2 Å². The van der Waals surface area contributed by atoms with Crippen molar-refractivity contribution in [3.8, 4) is 0 Å². The summed E-state index contributed by atoms with van der Waals surface area (Å²) in [4.78, 5) is 5.69. The Morgan fingerprint density at radius 3 is 2.88 bits per heavy atom. The van der Waals surface area contributed by atoms with Gasteiger partial charge >= 0.3 is 0 Å². The summed E-state index contributed by atoms with van der Waals surface area (Å²) in [6.45, 7) is 8.31. The maximum Gasteiger partial charge on any atom is 0.0951 e. The van der Waals surface area contributed by atoms with E-state index in [9.17, 15) is 0 Å². The highest BCUT2D eigenvalue weighted by Gasteiger charge is 2.06. The first kappa shape index (κ1) is 12.3. The van der Waals surface area contributed by atoms with Crippen LogP contribution in [-0.4, -0.2) is 16.1 Å². The average molecular weight is 249 g/mol. The van der Waals surface area contributed by atoms with Gasteiger partial charge < -0.3 is 9.88 Å². The van der Waals surface area contributed by atoms with Crippen LogP contribution in [0.2, 0.25) is 0 Å². The first-order valence-corrected chi connectivity index (χ1v) is 6.81. The SMILES string of the molecule is Cc1ncn(CCNC(C)c2cccs2)c1C. The zero-order valence-electron chi connectivity index (χ0n) is 10.6. The van der Waals surface area contributed by atoms with Gasteiger partial charge in [0.15, 0.2) is 0 Å². The van der Waals surface area contributed by atoms with Gasteiger partial charge in [0.2, 0.25) is 0 Å². The third-order valence-electron chi connectivity index (χ3n) is 3.12. The fraction of sp³-hybridized carbons (Fsp3) is 0.462. The lowest BCUT2D eigenvalue weighted by atomic mass is 10.3. The van der Waals surface area contributed by atoms with Gasteiger partial charge in [-0.1, -0.05) is 6.07 Å². The van der Waals surface area contributed by atoms with E-state index < -0.39 is 0 Å². The number of nitrogens with zero attached hydrogens (tertiary/aromatic N) is 2. The molecule has 2 aromatic rings. The van der Waals surface area contributed by atoms with E-state index in [1.54, 1.807) is 11.3 Å². The molecule has 0 aliphatic heterocycles. The van der Waals surface area contributed by atoms with Crippen LogP contribution in [0.1, 0.15) is 29.2 Å². The molecule has 1 N–H and O–H groups in total. The van der Waals surface area contributed by atoms with Crippen molar-refractivity contribution in [2.24, 2.45) is 0 Å². The Balaban J connectivity index is 1.82. The molecule has 4 heteroatoms. The van der Waals surface area contributed by atoms with E-state index in [4.69, 9.17) is 0 Å². The van der Waals surface area contributed by atoms with Crippen molar-refractivity contribution in [1.82, 2.24) is 14.9 Å². The average Bonchev–Trinajstić information content (AvgIpc) is 2.93. The van der Waals surface area contributed by atoms with Crippen molar-refractivity contribution < 1.29 is 0 Å². The number of aromatic nitrogens is 2. The predicted molar refractivity (Wildman–Crippen MR) is 72.4 cm³/mol. The molecule has 0 saturated carbocycles. The van der Waals surface area contributed by atoms with Crippen molar-refractivity contribution in [2.45, 2.75) is 33.4 Å². The number of imidazole rings is 1. The topological polar surface area (TPSA) is 29.9 Å². The minimum absolute atomic E-state index is 0.430. The van der Waals surface area contributed by atoms with Gasteiger partial charge in [-0.3, -0.25) is 0 Å². The molecule has 0 bridgehead atoms. The zero-order valence-corrected chi connectivity index (χ0v) is 11.4. The molecule has 2 aromatic heterocycles. The molecule has 0 aromatic carbocycles. The maximum atomic E-state index is 4.30. The Kier molecular flexibility index (Phi) is 3.97. The molecule has 3 nitrogen and oxygen atoms in total. The van der Waals surface area contributed by atoms with E-state index in [1.807, 2.05) is 13.3 Å². The molecule has 0 radical (unpaired) electrons. The van der Waals surface area contributed by atoms with E-state index in [0.717, 1.165) is 18.8 Å². The second-order valence-electron chi connectivity index (χ2n) is 4.30. The molecular formula is C13H19N3S. The molecule has 0 aliphatic rings. The Hall–Kier alpha value is -1.13. The van der Waals surface area contributed by atoms with Crippen molar-refractivity contribution >= 4 is 11.3 Å². The Labute approximate surface area is 107 Å². The van der Waals surface area contributed by atoms with Crippen molar-refractivity contribution in [1.29, 1.82) is 0 Å². The molecule has 92 valence electrons. The molecule has 2 heterocycles. The normalized spacial score (nSPS) is 12.9. The first-order valence-electron chi connectivity index (χ1n) is 5.93. The summed E-state index contributed by atoms with van der Waals surface area (Å²) in [5, 5.41) is 5.65. The van der Waals surface area contributed by atoms with Crippen LogP contribution in [0.25, 0.3) is 0 Å². The summed E-state index contributed by atoms with van der Waals surface area (Å²) in [5.41, 5.74) is 2.38. The van der Waals surface area contributed by atoms with Crippen LogP contribution < -0.4 is 5.32 Å². The lowest BCUT2D eigenvalue weighted by Crippen LogP contribution is -2.22. The quantitative estimate of drug-likeness (QED) is 0.883. The van der Waals surface area contributed by atoms with Crippen LogP contribution in [-0.2, 0) is 6.54 Å². The molecule has 0 amide bonds. The van der Waals surface area contributed by atoms with E-state index >= 15 is 0 Å². The monoisotopic (exact) mass is 249 g/mol. The number of hydrogen-bond donors (Lipinski definition) is 1. The van der Waals surface area contributed by atoms with Gasteiger partial charge in [-0.2, -0.15) is 0 Å².